The molecule has 1 aliphatic rings. The Balaban J connectivity index is 1.98. The summed E-state index contributed by atoms with van der Waals surface area (Å²) >= 11 is 0. The van der Waals surface area contributed by atoms with Crippen molar-refractivity contribution in [3.8, 4) is 0 Å². The average Bonchev–Trinajstić information content (AvgIpc) is 2.45. The van der Waals surface area contributed by atoms with E-state index in [1.165, 1.54) is 0 Å². The highest BCUT2D eigenvalue weighted by Crippen LogP contribution is 2.13. The zero-order chi connectivity index (χ0) is 12.8. The minimum Gasteiger partial charge on any atom is -0.353 e. The summed E-state index contributed by atoms with van der Waals surface area (Å²) in [6, 6.07) is 0. The summed E-state index contributed by atoms with van der Waals surface area (Å²) in [4.78, 5) is 9.14. The first-order chi connectivity index (χ1) is 8.83. The van der Waals surface area contributed by atoms with E-state index in [2.05, 4.69) is 43.8 Å². The van der Waals surface area contributed by atoms with Gasteiger partial charge in [0.15, 0.2) is 5.82 Å². The maximum Gasteiger partial charge on any atom is 0.244 e. The number of rotatable bonds is 5. The molecule has 1 aromatic rings. The molecular weight excluding hydrogens is 228 g/mol. The molecule has 2 heterocycles. The topological polar surface area (TPSA) is 57.2 Å². The highest BCUT2D eigenvalue weighted by atomic mass is 15.3. The quantitative estimate of drug-likeness (QED) is 0.771. The molecule has 6 heteroatoms. The molecule has 18 heavy (non-hydrogen) atoms. The molecule has 6 nitrogen and oxygen atoms in total. The fourth-order valence-corrected chi connectivity index (χ4v) is 1.98. The molecule has 0 atom stereocenters. The molecule has 98 valence electrons. The highest BCUT2D eigenvalue weighted by Gasteiger charge is 2.17. The molecule has 0 bridgehead atoms. The van der Waals surface area contributed by atoms with E-state index in [0.29, 0.717) is 12.5 Å². The van der Waals surface area contributed by atoms with Gasteiger partial charge in [0.2, 0.25) is 5.95 Å². The SMILES string of the molecule is C=CCNc1nncc(N2CCN(CC)CC2)n1. The van der Waals surface area contributed by atoms with Crippen LogP contribution in [-0.2, 0) is 0 Å². The van der Waals surface area contributed by atoms with Gasteiger partial charge in [-0.1, -0.05) is 13.0 Å². The lowest BCUT2D eigenvalue weighted by Crippen LogP contribution is -2.46. The van der Waals surface area contributed by atoms with Gasteiger partial charge in [-0.2, -0.15) is 10.1 Å². The standard InChI is InChI=1S/C12H20N6/c1-3-5-13-12-15-11(10-14-16-12)18-8-6-17(4-2)7-9-18/h3,10H,1,4-9H2,2H3,(H,13,15,16). The number of likely N-dealkylation sites (N-methyl/N-ethyl adjacent to an activating group) is 1. The minimum atomic E-state index is 0.560. The van der Waals surface area contributed by atoms with E-state index in [0.717, 1.165) is 38.5 Å². The van der Waals surface area contributed by atoms with E-state index < -0.39 is 0 Å². The third kappa shape index (κ3) is 3.16. The Labute approximate surface area is 108 Å². The van der Waals surface area contributed by atoms with Gasteiger partial charge in [-0.05, 0) is 6.54 Å². The van der Waals surface area contributed by atoms with E-state index in [-0.39, 0.29) is 0 Å². The van der Waals surface area contributed by atoms with Crippen LogP contribution in [0.3, 0.4) is 0 Å². The van der Waals surface area contributed by atoms with Crippen LogP contribution in [0.1, 0.15) is 6.92 Å². The van der Waals surface area contributed by atoms with Gasteiger partial charge in [-0.15, -0.1) is 11.7 Å². The lowest BCUT2D eigenvalue weighted by atomic mass is 10.3. The predicted octanol–water partition coefficient (Wildman–Crippen LogP) is 0.611. The molecule has 0 aromatic carbocycles. The molecular formula is C12H20N6. The maximum atomic E-state index is 4.46. The molecule has 0 unspecified atom stereocenters. The van der Waals surface area contributed by atoms with E-state index >= 15 is 0 Å². The molecule has 1 N–H and O–H groups in total. The summed E-state index contributed by atoms with van der Waals surface area (Å²) in [6.07, 6.45) is 3.50. The molecule has 1 aromatic heterocycles. The minimum absolute atomic E-state index is 0.560. The molecule has 0 amide bonds. The van der Waals surface area contributed by atoms with Crippen LogP contribution < -0.4 is 10.2 Å². The Bertz CT molecular complexity index is 386. The van der Waals surface area contributed by atoms with Gasteiger partial charge in [0.1, 0.15) is 0 Å². The number of hydrogen-bond donors (Lipinski definition) is 1. The van der Waals surface area contributed by atoms with Crippen molar-refractivity contribution < 1.29 is 0 Å². The lowest BCUT2D eigenvalue weighted by molar-refractivity contribution is 0.270. The van der Waals surface area contributed by atoms with Crippen molar-refractivity contribution in [3.63, 3.8) is 0 Å². The van der Waals surface area contributed by atoms with E-state index in [4.69, 9.17) is 0 Å². The lowest BCUT2D eigenvalue weighted by Gasteiger charge is -2.34. The number of hydrogen-bond acceptors (Lipinski definition) is 6. The van der Waals surface area contributed by atoms with Crippen molar-refractivity contribution in [1.82, 2.24) is 20.1 Å². The van der Waals surface area contributed by atoms with Gasteiger partial charge >= 0.3 is 0 Å². The van der Waals surface area contributed by atoms with Crippen LogP contribution >= 0.6 is 0 Å². The zero-order valence-corrected chi connectivity index (χ0v) is 10.8. The molecule has 0 radical (unpaired) electrons. The smallest absolute Gasteiger partial charge is 0.244 e. The Morgan fingerprint density at radius 1 is 1.39 bits per heavy atom. The zero-order valence-electron chi connectivity index (χ0n) is 10.8. The second-order valence-corrected chi connectivity index (χ2v) is 4.23. The summed E-state index contributed by atoms with van der Waals surface area (Å²) in [5.41, 5.74) is 0. The molecule has 1 saturated heterocycles. The number of nitrogens with one attached hydrogen (secondary N) is 1. The Hall–Kier alpha value is -1.69. The monoisotopic (exact) mass is 248 g/mol. The summed E-state index contributed by atoms with van der Waals surface area (Å²) in [7, 11) is 0. The third-order valence-electron chi connectivity index (χ3n) is 3.09. The first-order valence-corrected chi connectivity index (χ1v) is 6.35. The third-order valence-corrected chi connectivity index (χ3v) is 3.09. The maximum absolute atomic E-state index is 4.46. The van der Waals surface area contributed by atoms with Crippen LogP contribution in [0.25, 0.3) is 0 Å². The van der Waals surface area contributed by atoms with Crippen LogP contribution in [0, 0.1) is 0 Å². The molecule has 1 fully saturated rings. The van der Waals surface area contributed by atoms with Crippen molar-refractivity contribution in [2.24, 2.45) is 0 Å². The Morgan fingerprint density at radius 2 is 2.17 bits per heavy atom. The van der Waals surface area contributed by atoms with Crippen molar-refractivity contribution in [3.05, 3.63) is 18.9 Å². The van der Waals surface area contributed by atoms with Crippen LogP contribution in [0.5, 0.6) is 0 Å². The molecule has 0 spiro atoms. The van der Waals surface area contributed by atoms with Crippen molar-refractivity contribution in [2.45, 2.75) is 6.92 Å². The van der Waals surface area contributed by atoms with E-state index in [1.807, 2.05) is 0 Å². The van der Waals surface area contributed by atoms with E-state index in [9.17, 15) is 0 Å². The molecule has 1 aliphatic heterocycles. The summed E-state index contributed by atoms with van der Waals surface area (Å²) in [5.74, 6) is 1.46. The van der Waals surface area contributed by atoms with Gasteiger partial charge in [0.05, 0.1) is 6.20 Å². The van der Waals surface area contributed by atoms with Gasteiger partial charge in [0.25, 0.3) is 0 Å². The van der Waals surface area contributed by atoms with Crippen molar-refractivity contribution >= 4 is 11.8 Å². The van der Waals surface area contributed by atoms with Crippen LogP contribution in [0.4, 0.5) is 11.8 Å². The van der Waals surface area contributed by atoms with Crippen LogP contribution in [-0.4, -0.2) is 59.3 Å². The summed E-state index contributed by atoms with van der Waals surface area (Å²) in [6.45, 7) is 11.8. The van der Waals surface area contributed by atoms with Gasteiger partial charge in [-0.3, -0.25) is 0 Å². The fraction of sp³-hybridized carbons (Fsp3) is 0.583. The number of anilines is 2. The first-order valence-electron chi connectivity index (χ1n) is 6.35. The summed E-state index contributed by atoms with van der Waals surface area (Å²) < 4.78 is 0. The number of aromatic nitrogens is 3. The second-order valence-electron chi connectivity index (χ2n) is 4.23. The normalized spacial score (nSPS) is 16.6. The van der Waals surface area contributed by atoms with Crippen LogP contribution in [0.2, 0.25) is 0 Å². The number of nitrogens with zero attached hydrogens (tertiary/aromatic N) is 5. The van der Waals surface area contributed by atoms with Crippen molar-refractivity contribution in [1.29, 1.82) is 0 Å². The van der Waals surface area contributed by atoms with Crippen molar-refractivity contribution in [2.75, 3.05) is 49.5 Å². The fourth-order valence-electron chi connectivity index (χ4n) is 1.98. The summed E-state index contributed by atoms with van der Waals surface area (Å²) in [5, 5.41) is 11.0. The molecule has 2 rings (SSSR count). The second kappa shape index (κ2) is 6.30. The Morgan fingerprint density at radius 3 is 2.83 bits per heavy atom. The molecule has 0 saturated carbocycles. The average molecular weight is 248 g/mol. The largest absolute Gasteiger partial charge is 0.353 e. The van der Waals surface area contributed by atoms with Gasteiger partial charge < -0.3 is 15.1 Å². The molecule has 0 aliphatic carbocycles. The van der Waals surface area contributed by atoms with Gasteiger partial charge in [-0.25, -0.2) is 0 Å². The number of piperazine rings is 1. The van der Waals surface area contributed by atoms with Crippen LogP contribution in [0.15, 0.2) is 18.9 Å². The van der Waals surface area contributed by atoms with E-state index in [1.54, 1.807) is 12.3 Å². The Kier molecular flexibility index (Phi) is 4.46. The predicted molar refractivity (Wildman–Crippen MR) is 72.8 cm³/mol. The van der Waals surface area contributed by atoms with Gasteiger partial charge in [0, 0.05) is 32.7 Å². The first kappa shape index (κ1) is 12.8. The highest BCUT2D eigenvalue weighted by molar-refractivity contribution is 5.40.